The van der Waals surface area contributed by atoms with Crippen LogP contribution in [0.5, 0.6) is 0 Å². The Morgan fingerprint density at radius 1 is 1.05 bits per heavy atom. The van der Waals surface area contributed by atoms with Crippen LogP contribution in [0.3, 0.4) is 0 Å². The summed E-state index contributed by atoms with van der Waals surface area (Å²) in [6.45, 7) is 4.62. The molecular formula is C16H17F2NS. The lowest BCUT2D eigenvalue weighted by atomic mass is 10.2. The lowest BCUT2D eigenvalue weighted by Gasteiger charge is -2.13. The first-order valence-electron chi connectivity index (χ1n) is 6.50. The molecule has 0 bridgehead atoms. The average molecular weight is 293 g/mol. The smallest absolute Gasteiger partial charge is 0.137 e. The largest absolute Gasteiger partial charge is 0.310 e. The molecule has 4 heteroatoms. The van der Waals surface area contributed by atoms with Crippen molar-refractivity contribution in [1.29, 1.82) is 0 Å². The Labute approximate surface area is 122 Å². The minimum absolute atomic E-state index is 0.260. The van der Waals surface area contributed by atoms with Crippen LogP contribution >= 0.6 is 11.8 Å². The zero-order valence-corrected chi connectivity index (χ0v) is 12.3. The van der Waals surface area contributed by atoms with Crippen LogP contribution in [0.15, 0.2) is 52.3 Å². The molecule has 20 heavy (non-hydrogen) atoms. The van der Waals surface area contributed by atoms with Crippen molar-refractivity contribution in [3.63, 3.8) is 0 Å². The van der Waals surface area contributed by atoms with E-state index in [-0.39, 0.29) is 11.6 Å². The summed E-state index contributed by atoms with van der Waals surface area (Å²) in [5.41, 5.74) is 0.840. The number of nitrogens with one attached hydrogen (secondary N) is 1. The molecule has 0 aromatic heterocycles. The molecule has 106 valence electrons. The van der Waals surface area contributed by atoms with Crippen molar-refractivity contribution in [2.45, 2.75) is 36.2 Å². The Hall–Kier alpha value is -1.39. The van der Waals surface area contributed by atoms with Crippen molar-refractivity contribution in [3.8, 4) is 0 Å². The van der Waals surface area contributed by atoms with Gasteiger partial charge in [0.2, 0.25) is 0 Å². The van der Waals surface area contributed by atoms with E-state index >= 15 is 0 Å². The maximum absolute atomic E-state index is 13.7. The Morgan fingerprint density at radius 2 is 1.80 bits per heavy atom. The molecule has 1 N–H and O–H groups in total. The molecule has 0 saturated carbocycles. The first kappa shape index (κ1) is 15.0. The van der Waals surface area contributed by atoms with Gasteiger partial charge in [0.25, 0.3) is 0 Å². The Morgan fingerprint density at radius 3 is 2.50 bits per heavy atom. The van der Waals surface area contributed by atoms with Crippen LogP contribution in [0.1, 0.15) is 19.4 Å². The van der Waals surface area contributed by atoms with Crippen LogP contribution in [-0.2, 0) is 6.54 Å². The fourth-order valence-corrected chi connectivity index (χ4v) is 2.69. The third-order valence-electron chi connectivity index (χ3n) is 2.78. The SMILES string of the molecule is CC(C)NCc1cc(F)ccc1Sc1ccccc1F. The number of benzene rings is 2. The van der Waals surface area contributed by atoms with Crippen LogP contribution in [-0.4, -0.2) is 6.04 Å². The monoisotopic (exact) mass is 293 g/mol. The molecule has 0 radical (unpaired) electrons. The van der Waals surface area contributed by atoms with Gasteiger partial charge in [-0.25, -0.2) is 8.78 Å². The maximum Gasteiger partial charge on any atom is 0.137 e. The first-order valence-corrected chi connectivity index (χ1v) is 7.32. The molecule has 0 aliphatic rings. The topological polar surface area (TPSA) is 12.0 Å². The quantitative estimate of drug-likeness (QED) is 0.863. The highest BCUT2D eigenvalue weighted by Gasteiger charge is 2.09. The molecule has 1 nitrogen and oxygen atoms in total. The van der Waals surface area contributed by atoms with Crippen molar-refractivity contribution in [2.75, 3.05) is 0 Å². The zero-order chi connectivity index (χ0) is 14.5. The van der Waals surface area contributed by atoms with Gasteiger partial charge in [-0.2, -0.15) is 0 Å². The van der Waals surface area contributed by atoms with E-state index in [4.69, 9.17) is 0 Å². The molecule has 0 heterocycles. The number of rotatable bonds is 5. The van der Waals surface area contributed by atoms with E-state index in [1.807, 2.05) is 13.8 Å². The molecule has 2 aromatic carbocycles. The molecule has 0 aliphatic heterocycles. The van der Waals surface area contributed by atoms with Gasteiger partial charge in [-0.05, 0) is 35.9 Å². The third kappa shape index (κ3) is 4.05. The molecular weight excluding hydrogens is 276 g/mol. The van der Waals surface area contributed by atoms with E-state index < -0.39 is 0 Å². The number of hydrogen-bond donors (Lipinski definition) is 1. The van der Waals surface area contributed by atoms with Crippen LogP contribution in [0.4, 0.5) is 8.78 Å². The Balaban J connectivity index is 2.24. The molecule has 2 rings (SSSR count). The third-order valence-corrected chi connectivity index (χ3v) is 3.95. The molecule has 0 saturated heterocycles. The molecule has 0 fully saturated rings. The van der Waals surface area contributed by atoms with E-state index in [1.54, 1.807) is 24.3 Å². The van der Waals surface area contributed by atoms with Gasteiger partial charge in [-0.15, -0.1) is 0 Å². The lowest BCUT2D eigenvalue weighted by molar-refractivity contribution is 0.576. The minimum atomic E-state index is -0.275. The summed E-state index contributed by atoms with van der Waals surface area (Å²) in [5.74, 6) is -0.534. The summed E-state index contributed by atoms with van der Waals surface area (Å²) >= 11 is 1.32. The van der Waals surface area contributed by atoms with Gasteiger partial charge in [0, 0.05) is 22.4 Å². The van der Waals surface area contributed by atoms with Gasteiger partial charge in [-0.1, -0.05) is 37.7 Å². The number of halogens is 2. The van der Waals surface area contributed by atoms with Crippen LogP contribution in [0, 0.1) is 11.6 Å². The van der Waals surface area contributed by atoms with Crippen LogP contribution < -0.4 is 5.32 Å². The molecule has 0 unspecified atom stereocenters. The second kappa shape index (κ2) is 6.86. The van der Waals surface area contributed by atoms with Gasteiger partial charge < -0.3 is 5.32 Å². The summed E-state index contributed by atoms with van der Waals surface area (Å²) in [7, 11) is 0. The van der Waals surface area contributed by atoms with Gasteiger partial charge in [0.15, 0.2) is 0 Å². The van der Waals surface area contributed by atoms with Crippen molar-refractivity contribution in [1.82, 2.24) is 5.32 Å². The lowest BCUT2D eigenvalue weighted by Crippen LogP contribution is -2.22. The van der Waals surface area contributed by atoms with Gasteiger partial charge in [0.05, 0.1) is 0 Å². The standard InChI is InChI=1S/C16H17F2NS/c1-11(2)19-10-12-9-13(17)7-8-15(12)20-16-6-4-3-5-14(16)18/h3-9,11,19H,10H2,1-2H3. The Bertz CT molecular complexity index is 584. The highest BCUT2D eigenvalue weighted by Crippen LogP contribution is 2.32. The van der Waals surface area contributed by atoms with Crippen molar-refractivity contribution in [3.05, 3.63) is 59.7 Å². The molecule has 2 aromatic rings. The van der Waals surface area contributed by atoms with E-state index in [1.165, 1.54) is 30.0 Å². The van der Waals surface area contributed by atoms with E-state index in [0.717, 1.165) is 10.5 Å². The first-order chi connectivity index (χ1) is 9.56. The van der Waals surface area contributed by atoms with Crippen molar-refractivity contribution < 1.29 is 8.78 Å². The van der Waals surface area contributed by atoms with Gasteiger partial charge in [0.1, 0.15) is 11.6 Å². The molecule has 0 amide bonds. The summed E-state index contributed by atoms with van der Waals surface area (Å²) in [5, 5.41) is 3.26. The van der Waals surface area contributed by atoms with Crippen LogP contribution in [0.25, 0.3) is 0 Å². The Kier molecular flexibility index (Phi) is 5.15. The zero-order valence-electron chi connectivity index (χ0n) is 11.5. The van der Waals surface area contributed by atoms with Crippen LogP contribution in [0.2, 0.25) is 0 Å². The predicted octanol–water partition coefficient (Wildman–Crippen LogP) is 4.61. The average Bonchev–Trinajstić information content (AvgIpc) is 2.41. The van der Waals surface area contributed by atoms with Gasteiger partial charge >= 0.3 is 0 Å². The summed E-state index contributed by atoms with van der Waals surface area (Å²) in [6, 6.07) is 11.5. The second-order valence-corrected chi connectivity index (χ2v) is 5.90. The van der Waals surface area contributed by atoms with Crippen molar-refractivity contribution >= 4 is 11.8 Å². The summed E-state index contributed by atoms with van der Waals surface area (Å²) in [6.07, 6.45) is 0. The number of hydrogen-bond acceptors (Lipinski definition) is 2. The normalized spacial score (nSPS) is 11.1. The maximum atomic E-state index is 13.7. The second-order valence-electron chi connectivity index (χ2n) is 4.82. The van der Waals surface area contributed by atoms with E-state index in [0.29, 0.717) is 17.5 Å². The molecule has 0 atom stereocenters. The fourth-order valence-electron chi connectivity index (χ4n) is 1.75. The highest BCUT2D eigenvalue weighted by atomic mass is 32.2. The highest BCUT2D eigenvalue weighted by molar-refractivity contribution is 7.99. The van der Waals surface area contributed by atoms with Gasteiger partial charge in [-0.3, -0.25) is 0 Å². The summed E-state index contributed by atoms with van der Waals surface area (Å²) < 4.78 is 27.1. The fraction of sp³-hybridized carbons (Fsp3) is 0.250. The molecule has 0 aliphatic carbocycles. The minimum Gasteiger partial charge on any atom is -0.310 e. The summed E-state index contributed by atoms with van der Waals surface area (Å²) in [4.78, 5) is 1.41. The van der Waals surface area contributed by atoms with E-state index in [2.05, 4.69) is 5.32 Å². The van der Waals surface area contributed by atoms with E-state index in [9.17, 15) is 8.78 Å². The predicted molar refractivity (Wildman–Crippen MR) is 78.9 cm³/mol. The molecule has 0 spiro atoms. The van der Waals surface area contributed by atoms with Crippen molar-refractivity contribution in [2.24, 2.45) is 0 Å².